The maximum absolute atomic E-state index is 5.97. The summed E-state index contributed by atoms with van der Waals surface area (Å²) in [4.78, 5) is 0. The van der Waals surface area contributed by atoms with Crippen molar-refractivity contribution in [3.63, 3.8) is 0 Å². The zero-order valence-electron chi connectivity index (χ0n) is 11.1. The molecule has 3 fully saturated rings. The van der Waals surface area contributed by atoms with Crippen LogP contribution in [0.1, 0.15) is 20.3 Å². The molecule has 0 aliphatic carbocycles. The van der Waals surface area contributed by atoms with E-state index < -0.39 is 9.05 Å². The Balaban J connectivity index is 2.11. The van der Waals surface area contributed by atoms with Crippen LogP contribution in [-0.2, 0) is 17.7 Å². The molecule has 0 saturated carbocycles. The highest BCUT2D eigenvalue weighted by Gasteiger charge is 2.52. The molecule has 3 saturated heterocycles. The number of hydrogen-bond donors (Lipinski definition) is 0. The van der Waals surface area contributed by atoms with Gasteiger partial charge in [-0.3, -0.25) is 0 Å². The van der Waals surface area contributed by atoms with Gasteiger partial charge in [-0.05, 0) is 13.3 Å². The second kappa shape index (κ2) is 5.34. The summed E-state index contributed by atoms with van der Waals surface area (Å²) in [6, 6.07) is 0. The number of likely N-dealkylation sites (N-methyl/N-ethyl adjacent to an activating group) is 1. The number of rotatable bonds is 3. The van der Waals surface area contributed by atoms with Crippen LogP contribution in [-0.4, -0.2) is 66.1 Å². The maximum atomic E-state index is 5.97. The summed E-state index contributed by atoms with van der Waals surface area (Å²) in [7, 11) is -0.619. The number of quaternary nitrogens is 1. The van der Waals surface area contributed by atoms with Crippen molar-refractivity contribution in [3.8, 4) is 0 Å². The molecule has 1 unspecified atom stereocenters. The van der Waals surface area contributed by atoms with Crippen LogP contribution in [0.15, 0.2) is 0 Å². The van der Waals surface area contributed by atoms with E-state index in [1.165, 1.54) is 0 Å². The van der Waals surface area contributed by atoms with Gasteiger partial charge in [-0.25, -0.2) is 0 Å². The van der Waals surface area contributed by atoms with Gasteiger partial charge in [0.2, 0.25) is 0 Å². The Morgan fingerprint density at radius 1 is 1.29 bits per heavy atom. The van der Waals surface area contributed by atoms with E-state index >= 15 is 0 Å². The van der Waals surface area contributed by atoms with Gasteiger partial charge in [-0.15, -0.1) is 0 Å². The van der Waals surface area contributed by atoms with E-state index in [0.717, 1.165) is 30.5 Å². The first-order chi connectivity index (χ1) is 8.08. The fraction of sp³-hybridized carbons (Fsp3) is 1.00. The van der Waals surface area contributed by atoms with E-state index in [4.69, 9.17) is 17.7 Å². The molecule has 0 N–H and O–H groups in total. The van der Waals surface area contributed by atoms with E-state index in [0.29, 0.717) is 19.8 Å². The Hall–Kier alpha value is 0.0169. The quantitative estimate of drug-likeness (QED) is 0.556. The standard InChI is InChI=1S/C11H24NO4Si/c1-4-7-13-17-14-8-5-12(3,6-9-15-17)10-11(2)16-17/h11H,4-10H2,1-3H3/q+1. The monoisotopic (exact) mass is 262 g/mol. The molecular weight excluding hydrogens is 238 g/mol. The van der Waals surface area contributed by atoms with Crippen LogP contribution in [0.5, 0.6) is 0 Å². The molecule has 100 valence electrons. The molecule has 2 bridgehead atoms. The van der Waals surface area contributed by atoms with E-state index in [-0.39, 0.29) is 6.10 Å². The Morgan fingerprint density at radius 2 is 1.94 bits per heavy atom. The van der Waals surface area contributed by atoms with Gasteiger partial charge in [0.1, 0.15) is 19.6 Å². The second-order valence-corrected chi connectivity index (χ2v) is 7.32. The van der Waals surface area contributed by atoms with Crippen molar-refractivity contribution in [1.29, 1.82) is 0 Å². The van der Waals surface area contributed by atoms with Crippen molar-refractivity contribution in [2.45, 2.75) is 26.4 Å². The van der Waals surface area contributed by atoms with Crippen LogP contribution < -0.4 is 0 Å². The van der Waals surface area contributed by atoms with Gasteiger partial charge in [0.25, 0.3) is 0 Å². The van der Waals surface area contributed by atoms with E-state index in [9.17, 15) is 0 Å². The molecule has 0 aromatic carbocycles. The van der Waals surface area contributed by atoms with E-state index in [1.54, 1.807) is 0 Å². The number of fused-ring (bicyclic) bond motifs is 6. The summed E-state index contributed by atoms with van der Waals surface area (Å²) in [5.41, 5.74) is 0. The third kappa shape index (κ3) is 3.27. The normalized spacial score (nSPS) is 42.9. The third-order valence-electron chi connectivity index (χ3n) is 3.35. The lowest BCUT2D eigenvalue weighted by Crippen LogP contribution is -2.64. The first-order valence-corrected chi connectivity index (χ1v) is 8.14. The van der Waals surface area contributed by atoms with Crippen LogP contribution in [0.3, 0.4) is 0 Å². The summed E-state index contributed by atoms with van der Waals surface area (Å²) < 4.78 is 24.4. The summed E-state index contributed by atoms with van der Waals surface area (Å²) in [6.07, 6.45) is 1.08. The smallest absolute Gasteiger partial charge is 0.351 e. The van der Waals surface area contributed by atoms with Gasteiger partial charge in [0.05, 0.1) is 26.4 Å². The van der Waals surface area contributed by atoms with E-state index in [1.807, 2.05) is 0 Å². The SMILES string of the molecule is CCCO[Si]12OCC[N+](C)(CCO1)CC(C)O2. The zero-order valence-corrected chi connectivity index (χ0v) is 12.1. The highest BCUT2D eigenvalue weighted by atomic mass is 28.4. The Bertz CT molecular complexity index is 254. The van der Waals surface area contributed by atoms with Crippen LogP contribution in [0, 0.1) is 0 Å². The molecule has 5 nitrogen and oxygen atoms in total. The van der Waals surface area contributed by atoms with Gasteiger partial charge >= 0.3 is 9.05 Å². The highest BCUT2D eigenvalue weighted by Crippen LogP contribution is 2.23. The molecular formula is C11H24NO4Si+. The van der Waals surface area contributed by atoms with Crippen LogP contribution in [0.2, 0.25) is 0 Å². The molecule has 0 radical (unpaired) electrons. The lowest BCUT2D eigenvalue weighted by molar-refractivity contribution is -0.914. The molecule has 0 spiro atoms. The first kappa shape index (κ1) is 13.4. The predicted octanol–water partition coefficient (Wildman–Crippen LogP) is 0.761. The lowest BCUT2D eigenvalue weighted by Gasteiger charge is -2.44. The van der Waals surface area contributed by atoms with Gasteiger partial charge in [0, 0.05) is 6.61 Å². The molecule has 3 aliphatic rings. The predicted molar refractivity (Wildman–Crippen MR) is 65.2 cm³/mol. The summed E-state index contributed by atoms with van der Waals surface area (Å²) in [5.74, 6) is 0. The minimum atomic E-state index is -2.85. The number of hydrogen-bond acceptors (Lipinski definition) is 4. The third-order valence-corrected chi connectivity index (χ3v) is 5.71. The fourth-order valence-electron chi connectivity index (χ4n) is 2.43. The maximum Gasteiger partial charge on any atom is 0.680 e. The molecule has 3 heterocycles. The average Bonchev–Trinajstić information content (AvgIpc) is 2.21. The second-order valence-electron chi connectivity index (χ2n) is 5.22. The largest absolute Gasteiger partial charge is 0.680 e. The first-order valence-electron chi connectivity index (χ1n) is 6.51. The molecule has 3 aliphatic heterocycles. The fourth-order valence-corrected chi connectivity index (χ4v) is 4.59. The lowest BCUT2D eigenvalue weighted by atomic mass is 10.3. The Morgan fingerprint density at radius 3 is 2.53 bits per heavy atom. The van der Waals surface area contributed by atoms with Gasteiger partial charge in [-0.1, -0.05) is 6.92 Å². The molecule has 1 atom stereocenters. The van der Waals surface area contributed by atoms with Crippen molar-refractivity contribution in [1.82, 2.24) is 0 Å². The van der Waals surface area contributed by atoms with Crippen molar-refractivity contribution in [3.05, 3.63) is 0 Å². The van der Waals surface area contributed by atoms with Crippen molar-refractivity contribution < 1.29 is 22.2 Å². The Kier molecular flexibility index (Phi) is 4.22. The molecule has 0 aromatic heterocycles. The van der Waals surface area contributed by atoms with Crippen molar-refractivity contribution in [2.24, 2.45) is 0 Å². The minimum absolute atomic E-state index is 0.129. The zero-order chi connectivity index (χ0) is 12.4. The summed E-state index contributed by atoms with van der Waals surface area (Å²) >= 11 is 0. The molecule has 3 rings (SSSR count). The van der Waals surface area contributed by atoms with Crippen LogP contribution in [0.25, 0.3) is 0 Å². The highest BCUT2D eigenvalue weighted by molar-refractivity contribution is 6.53. The van der Waals surface area contributed by atoms with Crippen molar-refractivity contribution >= 4 is 9.05 Å². The average molecular weight is 262 g/mol. The molecule has 0 aromatic rings. The van der Waals surface area contributed by atoms with Gasteiger partial charge in [-0.2, -0.15) is 0 Å². The molecule has 17 heavy (non-hydrogen) atoms. The summed E-state index contributed by atoms with van der Waals surface area (Å²) in [6.45, 7) is 9.17. The Labute approximate surface area is 105 Å². The van der Waals surface area contributed by atoms with Crippen molar-refractivity contribution in [2.75, 3.05) is 46.5 Å². The topological polar surface area (TPSA) is 36.9 Å². The summed E-state index contributed by atoms with van der Waals surface area (Å²) in [5, 5.41) is 0. The van der Waals surface area contributed by atoms with Crippen LogP contribution in [0.4, 0.5) is 0 Å². The van der Waals surface area contributed by atoms with Gasteiger partial charge < -0.3 is 22.2 Å². The van der Waals surface area contributed by atoms with Crippen LogP contribution >= 0.6 is 0 Å². The molecule has 0 amide bonds. The minimum Gasteiger partial charge on any atom is -0.351 e. The van der Waals surface area contributed by atoms with E-state index in [2.05, 4.69) is 20.9 Å². The number of nitrogens with zero attached hydrogens (tertiary/aromatic N) is 1. The molecule has 6 heteroatoms. The van der Waals surface area contributed by atoms with Gasteiger partial charge in [0.15, 0.2) is 0 Å².